The van der Waals surface area contributed by atoms with E-state index in [1.165, 1.54) is 0 Å². The molecule has 1 rings (SSSR count). The van der Waals surface area contributed by atoms with Crippen molar-refractivity contribution in [2.45, 2.75) is 58.5 Å². The number of aromatic nitrogens is 2. The highest BCUT2D eigenvalue weighted by molar-refractivity contribution is 5.45. The van der Waals surface area contributed by atoms with Crippen LogP contribution in [-0.2, 0) is 5.41 Å². The van der Waals surface area contributed by atoms with E-state index in [2.05, 4.69) is 22.2 Å². The molecule has 0 aromatic carbocycles. The van der Waals surface area contributed by atoms with Crippen molar-refractivity contribution in [3.63, 3.8) is 0 Å². The smallest absolute Gasteiger partial charge is 0.138 e. The number of anilines is 2. The van der Waals surface area contributed by atoms with Gasteiger partial charge in [-0.15, -0.1) is 0 Å². The lowest BCUT2D eigenvalue weighted by molar-refractivity contribution is 0.0636. The number of nitrogen functional groups attached to an aromatic ring is 1. The maximum atomic E-state index is 10.1. The van der Waals surface area contributed by atoms with E-state index in [0.717, 1.165) is 12.8 Å². The molecule has 1 aromatic rings. The normalized spacial score (nSPS) is 15.1. The summed E-state index contributed by atoms with van der Waals surface area (Å²) in [6.07, 6.45) is 1.68. The van der Waals surface area contributed by atoms with Crippen LogP contribution in [-0.4, -0.2) is 27.2 Å². The highest BCUT2D eigenvalue weighted by Crippen LogP contribution is 2.21. The molecular weight excluding hydrogens is 240 g/mol. The Balaban J connectivity index is 2.82. The third-order valence-electron chi connectivity index (χ3n) is 2.86. The highest BCUT2D eigenvalue weighted by Gasteiger charge is 2.21. The molecule has 0 radical (unpaired) electrons. The van der Waals surface area contributed by atoms with E-state index in [1.807, 2.05) is 27.7 Å². The summed E-state index contributed by atoms with van der Waals surface area (Å²) in [7, 11) is 0. The molecule has 0 spiro atoms. The van der Waals surface area contributed by atoms with Gasteiger partial charge in [0.2, 0.25) is 0 Å². The van der Waals surface area contributed by atoms with Gasteiger partial charge in [-0.25, -0.2) is 9.97 Å². The second-order valence-corrected chi connectivity index (χ2v) is 6.35. The molecule has 0 saturated carbocycles. The first kappa shape index (κ1) is 15.7. The van der Waals surface area contributed by atoms with E-state index < -0.39 is 5.60 Å². The molecule has 0 bridgehead atoms. The molecule has 5 nitrogen and oxygen atoms in total. The monoisotopic (exact) mass is 266 g/mol. The number of nitrogens with zero attached hydrogens (tertiary/aromatic N) is 2. The van der Waals surface area contributed by atoms with Gasteiger partial charge in [-0.2, -0.15) is 0 Å². The van der Waals surface area contributed by atoms with Crippen LogP contribution in [0.1, 0.15) is 53.3 Å². The minimum atomic E-state index is -0.740. The Morgan fingerprint density at radius 3 is 2.42 bits per heavy atom. The molecule has 4 N–H and O–H groups in total. The topological polar surface area (TPSA) is 84.1 Å². The fraction of sp³-hybridized carbons (Fsp3) is 0.714. The summed E-state index contributed by atoms with van der Waals surface area (Å²) in [5.41, 5.74) is 4.91. The summed E-state index contributed by atoms with van der Waals surface area (Å²) in [6.45, 7) is 10.4. The van der Waals surface area contributed by atoms with Gasteiger partial charge in [-0.3, -0.25) is 0 Å². The number of hydrogen-bond acceptors (Lipinski definition) is 5. The van der Waals surface area contributed by atoms with Gasteiger partial charge < -0.3 is 16.2 Å². The number of aliphatic hydroxyl groups is 1. The molecular formula is C14H26N4O. The molecule has 0 amide bonds. The van der Waals surface area contributed by atoms with Crippen molar-refractivity contribution in [2.24, 2.45) is 0 Å². The Morgan fingerprint density at radius 1 is 1.26 bits per heavy atom. The molecule has 108 valence electrons. The van der Waals surface area contributed by atoms with Crippen molar-refractivity contribution in [3.05, 3.63) is 11.9 Å². The Hall–Kier alpha value is -1.36. The van der Waals surface area contributed by atoms with Crippen LogP contribution in [0.4, 0.5) is 11.6 Å². The molecule has 1 aromatic heterocycles. The molecule has 1 atom stereocenters. The van der Waals surface area contributed by atoms with Gasteiger partial charge in [-0.1, -0.05) is 34.1 Å². The van der Waals surface area contributed by atoms with Gasteiger partial charge in [-0.05, 0) is 13.3 Å². The van der Waals surface area contributed by atoms with Crippen LogP contribution >= 0.6 is 0 Å². The number of rotatable bonds is 5. The van der Waals surface area contributed by atoms with Crippen molar-refractivity contribution in [3.8, 4) is 0 Å². The summed E-state index contributed by atoms with van der Waals surface area (Å²) in [5, 5.41) is 13.3. The van der Waals surface area contributed by atoms with Crippen molar-refractivity contribution >= 4 is 11.6 Å². The van der Waals surface area contributed by atoms with E-state index in [0.29, 0.717) is 24.0 Å². The first-order valence-corrected chi connectivity index (χ1v) is 6.75. The van der Waals surface area contributed by atoms with E-state index in [1.54, 1.807) is 6.07 Å². The van der Waals surface area contributed by atoms with Gasteiger partial charge in [0.15, 0.2) is 0 Å². The number of nitrogens with two attached hydrogens (primary N) is 1. The minimum absolute atomic E-state index is 0.155. The van der Waals surface area contributed by atoms with Crippen LogP contribution < -0.4 is 11.1 Å². The summed E-state index contributed by atoms with van der Waals surface area (Å²) in [5.74, 6) is 1.80. The lowest BCUT2D eigenvalue weighted by atomic mass is 9.96. The molecule has 5 heteroatoms. The van der Waals surface area contributed by atoms with Crippen LogP contribution in [0.25, 0.3) is 0 Å². The minimum Gasteiger partial charge on any atom is -0.388 e. The highest BCUT2D eigenvalue weighted by atomic mass is 16.3. The molecule has 19 heavy (non-hydrogen) atoms. The Kier molecular flexibility index (Phi) is 4.74. The van der Waals surface area contributed by atoms with Gasteiger partial charge >= 0.3 is 0 Å². The van der Waals surface area contributed by atoms with Crippen molar-refractivity contribution < 1.29 is 5.11 Å². The average Bonchev–Trinajstić information content (AvgIpc) is 2.24. The predicted octanol–water partition coefficient (Wildman–Crippen LogP) is 2.32. The van der Waals surface area contributed by atoms with Gasteiger partial charge in [0.25, 0.3) is 0 Å². The van der Waals surface area contributed by atoms with Crippen LogP contribution in [0.5, 0.6) is 0 Å². The predicted molar refractivity (Wildman–Crippen MR) is 79.2 cm³/mol. The Labute approximate surface area is 115 Å². The zero-order chi connectivity index (χ0) is 14.7. The van der Waals surface area contributed by atoms with E-state index in [-0.39, 0.29) is 5.41 Å². The van der Waals surface area contributed by atoms with Crippen molar-refractivity contribution in [1.29, 1.82) is 0 Å². The quantitative estimate of drug-likeness (QED) is 0.761. The van der Waals surface area contributed by atoms with Crippen LogP contribution in [0.15, 0.2) is 6.07 Å². The molecule has 1 heterocycles. The average molecular weight is 266 g/mol. The summed E-state index contributed by atoms with van der Waals surface area (Å²) < 4.78 is 0. The molecule has 0 fully saturated rings. The van der Waals surface area contributed by atoms with E-state index >= 15 is 0 Å². The van der Waals surface area contributed by atoms with Gasteiger partial charge in [0, 0.05) is 18.0 Å². The fourth-order valence-corrected chi connectivity index (χ4v) is 1.80. The van der Waals surface area contributed by atoms with E-state index in [4.69, 9.17) is 5.73 Å². The molecule has 0 aliphatic rings. The first-order chi connectivity index (χ1) is 8.64. The van der Waals surface area contributed by atoms with Crippen molar-refractivity contribution in [1.82, 2.24) is 9.97 Å². The summed E-state index contributed by atoms with van der Waals surface area (Å²) >= 11 is 0. The Bertz CT molecular complexity index is 424. The fourth-order valence-electron chi connectivity index (χ4n) is 1.80. The van der Waals surface area contributed by atoms with Gasteiger partial charge in [0.05, 0.1) is 5.60 Å². The maximum absolute atomic E-state index is 10.1. The van der Waals surface area contributed by atoms with E-state index in [9.17, 15) is 5.11 Å². The number of nitrogens with one attached hydrogen (secondary N) is 1. The zero-order valence-corrected chi connectivity index (χ0v) is 12.6. The van der Waals surface area contributed by atoms with Crippen LogP contribution in [0, 0.1) is 0 Å². The van der Waals surface area contributed by atoms with Gasteiger partial charge in [0.1, 0.15) is 17.5 Å². The SMILES string of the molecule is CCCC(C)(O)CNc1cc(N)nc(C(C)(C)C)n1. The summed E-state index contributed by atoms with van der Waals surface area (Å²) in [4.78, 5) is 8.70. The van der Waals surface area contributed by atoms with Crippen molar-refractivity contribution in [2.75, 3.05) is 17.6 Å². The lowest BCUT2D eigenvalue weighted by Crippen LogP contribution is -2.33. The molecule has 1 unspecified atom stereocenters. The standard InChI is InChI=1S/C14H26N4O/c1-6-7-14(5,19)9-16-11-8-10(15)17-12(18-11)13(2,3)4/h8,19H,6-7,9H2,1-5H3,(H3,15,16,17,18). The zero-order valence-electron chi connectivity index (χ0n) is 12.6. The first-order valence-electron chi connectivity index (χ1n) is 6.75. The second-order valence-electron chi connectivity index (χ2n) is 6.35. The molecule has 0 saturated heterocycles. The lowest BCUT2D eigenvalue weighted by Gasteiger charge is -2.24. The van der Waals surface area contributed by atoms with Crippen LogP contribution in [0.3, 0.4) is 0 Å². The number of hydrogen-bond donors (Lipinski definition) is 3. The Morgan fingerprint density at radius 2 is 1.89 bits per heavy atom. The third kappa shape index (κ3) is 5.03. The third-order valence-corrected chi connectivity index (χ3v) is 2.86. The molecule has 0 aliphatic heterocycles. The second kappa shape index (κ2) is 5.74. The molecule has 0 aliphatic carbocycles. The van der Waals surface area contributed by atoms with Crippen LogP contribution in [0.2, 0.25) is 0 Å². The maximum Gasteiger partial charge on any atom is 0.138 e. The summed E-state index contributed by atoms with van der Waals surface area (Å²) in [6, 6.07) is 1.69. The largest absolute Gasteiger partial charge is 0.388 e.